The molecule has 22 heavy (non-hydrogen) atoms. The highest BCUT2D eigenvalue weighted by Gasteiger charge is 2.12. The number of imidazole rings is 1. The number of benzene rings is 1. The number of aromatic nitrogens is 4. The van der Waals surface area contributed by atoms with Crippen molar-refractivity contribution in [3.05, 3.63) is 59.4 Å². The van der Waals surface area contributed by atoms with E-state index in [2.05, 4.69) is 22.3 Å². The van der Waals surface area contributed by atoms with Gasteiger partial charge in [-0.15, -0.1) is 0 Å². The second-order valence-corrected chi connectivity index (χ2v) is 5.48. The summed E-state index contributed by atoms with van der Waals surface area (Å²) in [5.41, 5.74) is 4.14. The number of aryl methyl sites for hydroxylation is 1. The summed E-state index contributed by atoms with van der Waals surface area (Å²) >= 11 is 6.28. The molecule has 1 aromatic carbocycles. The number of anilines is 1. The van der Waals surface area contributed by atoms with Crippen molar-refractivity contribution in [1.29, 1.82) is 0 Å². The van der Waals surface area contributed by atoms with Crippen LogP contribution >= 0.6 is 11.6 Å². The summed E-state index contributed by atoms with van der Waals surface area (Å²) in [5.74, 6) is 0. The molecular weight excluding hydrogens is 298 g/mol. The molecule has 3 aromatic rings. The first-order valence-corrected chi connectivity index (χ1v) is 7.59. The lowest BCUT2D eigenvalue weighted by atomic mass is 10.2. The van der Waals surface area contributed by atoms with Crippen LogP contribution in [0, 0.1) is 0 Å². The van der Waals surface area contributed by atoms with E-state index in [0.29, 0.717) is 11.6 Å². The van der Waals surface area contributed by atoms with E-state index < -0.39 is 0 Å². The number of nitrogens with zero attached hydrogens (tertiary/aromatic N) is 4. The zero-order valence-corrected chi connectivity index (χ0v) is 13.4. The SMILES string of the molecule is CCc1c(NCc2cncn2C)cnn1-c1ccccc1Cl. The Bertz CT molecular complexity index is 774. The van der Waals surface area contributed by atoms with E-state index in [1.165, 1.54) is 0 Å². The fraction of sp³-hybridized carbons (Fsp3) is 0.250. The smallest absolute Gasteiger partial charge is 0.0946 e. The summed E-state index contributed by atoms with van der Waals surface area (Å²) in [6.45, 7) is 2.82. The molecule has 0 atom stereocenters. The van der Waals surface area contributed by atoms with Crippen molar-refractivity contribution in [2.45, 2.75) is 19.9 Å². The molecule has 0 bridgehead atoms. The quantitative estimate of drug-likeness (QED) is 0.784. The van der Waals surface area contributed by atoms with Crippen LogP contribution in [0.5, 0.6) is 0 Å². The fourth-order valence-electron chi connectivity index (χ4n) is 2.43. The van der Waals surface area contributed by atoms with Crippen LogP contribution in [0.25, 0.3) is 5.69 Å². The van der Waals surface area contributed by atoms with E-state index in [1.807, 2.05) is 53.0 Å². The number of nitrogens with one attached hydrogen (secondary N) is 1. The van der Waals surface area contributed by atoms with E-state index >= 15 is 0 Å². The van der Waals surface area contributed by atoms with Crippen LogP contribution in [0.3, 0.4) is 0 Å². The summed E-state index contributed by atoms with van der Waals surface area (Å²) in [7, 11) is 1.98. The molecule has 6 heteroatoms. The Kier molecular flexibility index (Phi) is 4.15. The fourth-order valence-corrected chi connectivity index (χ4v) is 2.65. The number of rotatable bonds is 5. The Morgan fingerprint density at radius 2 is 2.05 bits per heavy atom. The third-order valence-corrected chi connectivity index (χ3v) is 3.98. The average Bonchev–Trinajstić information content (AvgIpc) is 3.11. The minimum atomic E-state index is 0.693. The van der Waals surface area contributed by atoms with Crippen molar-refractivity contribution < 1.29 is 0 Å². The van der Waals surface area contributed by atoms with E-state index in [0.717, 1.165) is 29.2 Å². The Hall–Kier alpha value is -2.27. The molecule has 2 heterocycles. The first kappa shape index (κ1) is 14.7. The number of hydrogen-bond acceptors (Lipinski definition) is 3. The molecule has 5 nitrogen and oxygen atoms in total. The van der Waals surface area contributed by atoms with Gasteiger partial charge in [-0.05, 0) is 18.6 Å². The molecule has 0 aliphatic rings. The van der Waals surface area contributed by atoms with Gasteiger partial charge in [0.25, 0.3) is 0 Å². The highest BCUT2D eigenvalue weighted by molar-refractivity contribution is 6.32. The molecule has 0 saturated carbocycles. The topological polar surface area (TPSA) is 47.7 Å². The third-order valence-electron chi connectivity index (χ3n) is 3.66. The lowest BCUT2D eigenvalue weighted by Gasteiger charge is -2.10. The average molecular weight is 316 g/mol. The molecule has 0 aliphatic heterocycles. The van der Waals surface area contributed by atoms with Crippen molar-refractivity contribution in [3.8, 4) is 5.69 Å². The van der Waals surface area contributed by atoms with Gasteiger partial charge < -0.3 is 9.88 Å². The highest BCUT2D eigenvalue weighted by Crippen LogP contribution is 2.25. The van der Waals surface area contributed by atoms with E-state index in [1.54, 1.807) is 6.33 Å². The van der Waals surface area contributed by atoms with Gasteiger partial charge in [0, 0.05) is 13.2 Å². The molecule has 1 N–H and O–H groups in total. The third kappa shape index (κ3) is 2.72. The largest absolute Gasteiger partial charge is 0.377 e. The minimum absolute atomic E-state index is 0.693. The van der Waals surface area contributed by atoms with Gasteiger partial charge in [-0.1, -0.05) is 30.7 Å². The van der Waals surface area contributed by atoms with Crippen molar-refractivity contribution >= 4 is 17.3 Å². The first-order chi connectivity index (χ1) is 10.7. The first-order valence-electron chi connectivity index (χ1n) is 7.21. The minimum Gasteiger partial charge on any atom is -0.377 e. The standard InChI is InChI=1S/C16H18ClN5/c1-3-15-14(19-9-12-8-18-11-21(12)2)10-20-22(15)16-7-5-4-6-13(16)17/h4-8,10-11,19H,3,9H2,1-2H3. The van der Waals surface area contributed by atoms with Gasteiger partial charge in [0.15, 0.2) is 0 Å². The predicted molar refractivity (Wildman–Crippen MR) is 88.5 cm³/mol. The Morgan fingerprint density at radius 1 is 1.23 bits per heavy atom. The summed E-state index contributed by atoms with van der Waals surface area (Å²) in [4.78, 5) is 4.13. The van der Waals surface area contributed by atoms with Gasteiger partial charge in [0.05, 0.1) is 46.9 Å². The normalized spacial score (nSPS) is 10.9. The predicted octanol–water partition coefficient (Wildman–Crippen LogP) is 3.43. The maximum atomic E-state index is 6.28. The Morgan fingerprint density at radius 3 is 2.73 bits per heavy atom. The van der Waals surface area contributed by atoms with E-state index in [-0.39, 0.29) is 0 Å². The zero-order chi connectivity index (χ0) is 15.5. The van der Waals surface area contributed by atoms with Crippen LogP contribution in [-0.2, 0) is 20.0 Å². The van der Waals surface area contributed by atoms with Crippen molar-refractivity contribution in [3.63, 3.8) is 0 Å². The van der Waals surface area contributed by atoms with E-state index in [4.69, 9.17) is 11.6 Å². The maximum Gasteiger partial charge on any atom is 0.0946 e. The van der Waals surface area contributed by atoms with Crippen LogP contribution in [0.1, 0.15) is 18.3 Å². The van der Waals surface area contributed by atoms with Gasteiger partial charge in [0.1, 0.15) is 0 Å². The van der Waals surface area contributed by atoms with Gasteiger partial charge in [-0.2, -0.15) is 5.10 Å². The second kappa shape index (κ2) is 6.23. The van der Waals surface area contributed by atoms with Crippen LogP contribution in [0.2, 0.25) is 5.02 Å². The van der Waals surface area contributed by atoms with E-state index in [9.17, 15) is 0 Å². The van der Waals surface area contributed by atoms with Gasteiger partial charge in [0.2, 0.25) is 0 Å². The molecule has 3 rings (SSSR count). The number of hydrogen-bond donors (Lipinski definition) is 1. The van der Waals surface area contributed by atoms with Crippen molar-refractivity contribution in [1.82, 2.24) is 19.3 Å². The molecule has 0 saturated heterocycles. The molecule has 0 aliphatic carbocycles. The van der Waals surface area contributed by atoms with Gasteiger partial charge >= 0.3 is 0 Å². The Labute approximate surface area is 134 Å². The van der Waals surface area contributed by atoms with Crippen LogP contribution in [0.4, 0.5) is 5.69 Å². The van der Waals surface area contributed by atoms with Crippen LogP contribution in [0.15, 0.2) is 43.0 Å². The number of halogens is 1. The molecule has 0 spiro atoms. The molecular formula is C16H18ClN5. The van der Waals surface area contributed by atoms with Crippen LogP contribution in [-0.4, -0.2) is 19.3 Å². The summed E-state index contributed by atoms with van der Waals surface area (Å²) in [5, 5.41) is 8.61. The second-order valence-electron chi connectivity index (χ2n) is 5.07. The number of para-hydroxylation sites is 1. The molecule has 0 amide bonds. The molecule has 2 aromatic heterocycles. The Balaban J connectivity index is 1.88. The summed E-state index contributed by atoms with van der Waals surface area (Å²) in [6.07, 6.45) is 6.36. The monoisotopic (exact) mass is 315 g/mol. The summed E-state index contributed by atoms with van der Waals surface area (Å²) in [6, 6.07) is 7.73. The summed E-state index contributed by atoms with van der Waals surface area (Å²) < 4.78 is 3.89. The van der Waals surface area contributed by atoms with Gasteiger partial charge in [-0.25, -0.2) is 9.67 Å². The molecule has 0 unspecified atom stereocenters. The van der Waals surface area contributed by atoms with Crippen LogP contribution < -0.4 is 5.32 Å². The lowest BCUT2D eigenvalue weighted by Crippen LogP contribution is -2.07. The zero-order valence-electron chi connectivity index (χ0n) is 12.6. The lowest BCUT2D eigenvalue weighted by molar-refractivity contribution is 0.812. The van der Waals surface area contributed by atoms with Gasteiger partial charge in [-0.3, -0.25) is 0 Å². The molecule has 0 radical (unpaired) electrons. The highest BCUT2D eigenvalue weighted by atomic mass is 35.5. The molecule has 0 fully saturated rings. The van der Waals surface area contributed by atoms with Crippen molar-refractivity contribution in [2.24, 2.45) is 7.05 Å². The maximum absolute atomic E-state index is 6.28. The van der Waals surface area contributed by atoms with Crippen molar-refractivity contribution in [2.75, 3.05) is 5.32 Å². The molecule has 114 valence electrons.